The van der Waals surface area contributed by atoms with Gasteiger partial charge in [-0.3, -0.25) is 9.59 Å². The van der Waals surface area contributed by atoms with Crippen LogP contribution in [0, 0.1) is 0 Å². The Labute approximate surface area is 481 Å². The number of aromatic nitrogens is 1. The fraction of sp³-hybridized carbons (Fsp3) is 0.133. The molecule has 7 aromatic carbocycles. The molecule has 0 unspecified atom stereocenters. The van der Waals surface area contributed by atoms with Gasteiger partial charge in [-0.05, 0) is 167 Å². The van der Waals surface area contributed by atoms with Crippen LogP contribution in [0.25, 0.3) is 56.5 Å². The van der Waals surface area contributed by atoms with Gasteiger partial charge in [-0.2, -0.15) is 4.57 Å². The number of halogens is 1. The number of hydrogen-bond acceptors (Lipinski definition) is 4. The molecule has 0 N–H and O–H groups in total. The highest BCUT2D eigenvalue weighted by atomic mass is 35.5. The molecular formula is C75H63ClN2O3. The van der Waals surface area contributed by atoms with Gasteiger partial charge >= 0.3 is 0 Å². The third-order valence-corrected chi connectivity index (χ3v) is 16.1. The third kappa shape index (κ3) is 12.1. The van der Waals surface area contributed by atoms with Crippen LogP contribution in [-0.2, 0) is 22.6 Å². The second-order valence-corrected chi connectivity index (χ2v) is 21.1. The Morgan fingerprint density at radius 1 is 0.568 bits per heavy atom. The molecule has 8 aromatic rings. The minimum atomic E-state index is -0.730. The monoisotopic (exact) mass is 1070 g/mol. The average molecular weight is 1080 g/mol. The van der Waals surface area contributed by atoms with Crippen LogP contribution < -0.4 is 14.6 Å². The highest BCUT2D eigenvalue weighted by Crippen LogP contribution is 2.39. The van der Waals surface area contributed by atoms with E-state index in [1.165, 1.54) is 72.4 Å². The summed E-state index contributed by atoms with van der Waals surface area (Å²) in [5.74, 6) is -1.94. The molecule has 398 valence electrons. The van der Waals surface area contributed by atoms with Gasteiger partial charge in [0.25, 0.3) is 0 Å². The average Bonchev–Trinajstić information content (AvgIpc) is 3.86. The molecule has 12 rings (SSSR count). The maximum absolute atomic E-state index is 13.3. The molecule has 1 aliphatic heterocycles. The van der Waals surface area contributed by atoms with Crippen LogP contribution in [0.4, 0.5) is 5.69 Å². The lowest BCUT2D eigenvalue weighted by Crippen LogP contribution is -2.36. The number of carbonyl (C=O) groups excluding carboxylic acids is 2. The van der Waals surface area contributed by atoms with Crippen LogP contribution >= 0.6 is 11.6 Å². The van der Waals surface area contributed by atoms with Gasteiger partial charge in [0.1, 0.15) is 6.54 Å². The van der Waals surface area contributed by atoms with Gasteiger partial charge in [-0.1, -0.05) is 205 Å². The van der Waals surface area contributed by atoms with E-state index in [4.69, 9.17) is 11.6 Å². The Morgan fingerprint density at radius 2 is 1.16 bits per heavy atom. The molecule has 0 atom stereocenters. The van der Waals surface area contributed by atoms with Crippen molar-refractivity contribution in [3.8, 4) is 22.3 Å². The van der Waals surface area contributed by atoms with Crippen LogP contribution in [-0.4, -0.2) is 18.1 Å². The van der Waals surface area contributed by atoms with E-state index >= 15 is 0 Å². The van der Waals surface area contributed by atoms with E-state index in [0.717, 1.165) is 65.1 Å². The molecule has 2 heterocycles. The van der Waals surface area contributed by atoms with Crippen molar-refractivity contribution in [3.63, 3.8) is 0 Å². The van der Waals surface area contributed by atoms with E-state index in [0.29, 0.717) is 19.5 Å². The van der Waals surface area contributed by atoms with Gasteiger partial charge in [-0.15, -0.1) is 0 Å². The zero-order valence-corrected chi connectivity index (χ0v) is 46.6. The number of hydrogen-bond donors (Lipinski definition) is 0. The zero-order valence-electron chi connectivity index (χ0n) is 45.8. The van der Waals surface area contributed by atoms with Crippen molar-refractivity contribution in [2.75, 3.05) is 11.4 Å². The topological polar surface area (TPSA) is 64.3 Å². The molecule has 3 aliphatic carbocycles. The molecule has 0 fully saturated rings. The van der Waals surface area contributed by atoms with Gasteiger partial charge < -0.3 is 10.0 Å². The fourth-order valence-corrected chi connectivity index (χ4v) is 11.8. The Balaban J connectivity index is 0.000000180. The van der Waals surface area contributed by atoms with Crippen LogP contribution in [0.5, 0.6) is 0 Å². The van der Waals surface area contributed by atoms with Gasteiger partial charge in [0.15, 0.2) is 0 Å². The van der Waals surface area contributed by atoms with Crippen molar-refractivity contribution >= 4 is 63.1 Å². The van der Waals surface area contributed by atoms with E-state index < -0.39 is 17.3 Å². The molecule has 6 heteroatoms. The van der Waals surface area contributed by atoms with Crippen molar-refractivity contribution in [1.29, 1.82) is 0 Å². The Bertz CT molecular complexity index is 3870. The van der Waals surface area contributed by atoms with Crippen molar-refractivity contribution < 1.29 is 19.3 Å². The minimum Gasteiger partial charge on any atom is -0.871 e. The summed E-state index contributed by atoms with van der Waals surface area (Å²) in [4.78, 5) is 27.9. The first kappa shape index (κ1) is 53.8. The van der Waals surface area contributed by atoms with Crippen LogP contribution in [0.2, 0.25) is 0 Å². The van der Waals surface area contributed by atoms with Crippen molar-refractivity contribution in [1.82, 2.24) is 0 Å². The first-order chi connectivity index (χ1) is 39.7. The SMILES string of the molecule is CCN1C(=CC2=C([O-])C(=Cc3ccc4ccccc4[n+]3CC)C(=O)C2=O)CCc2ccccc21.ClC1=C(/C=C\c2cc(-c3ccccc3)cc(-c3ccccc3)c2)CCC/C1=C\C=C1C=C(c2ccccc2)CC(c2ccccc2)=C1. The number of allylic oxidation sites excluding steroid dienone is 15. The van der Waals surface area contributed by atoms with E-state index in [9.17, 15) is 14.7 Å². The Morgan fingerprint density at radius 3 is 1.79 bits per heavy atom. The second-order valence-electron chi connectivity index (χ2n) is 20.7. The number of carbonyl (C=O) groups is 2. The van der Waals surface area contributed by atoms with Gasteiger partial charge in [0.2, 0.25) is 22.8 Å². The molecule has 0 spiro atoms. The molecule has 0 radical (unpaired) electrons. The first-order valence-electron chi connectivity index (χ1n) is 28.2. The van der Waals surface area contributed by atoms with Crippen LogP contribution in [0.1, 0.15) is 73.9 Å². The summed E-state index contributed by atoms with van der Waals surface area (Å²) < 4.78 is 2.04. The maximum Gasteiger partial charge on any atom is 0.233 e. The number of pyridine rings is 1. The lowest BCUT2D eigenvalue weighted by atomic mass is 9.87. The van der Waals surface area contributed by atoms with E-state index in [1.807, 2.05) is 66.9 Å². The van der Waals surface area contributed by atoms with E-state index in [-0.39, 0.29) is 11.1 Å². The van der Waals surface area contributed by atoms with E-state index in [2.05, 4.69) is 193 Å². The van der Waals surface area contributed by atoms with Crippen molar-refractivity contribution in [3.05, 3.63) is 309 Å². The summed E-state index contributed by atoms with van der Waals surface area (Å²) >= 11 is 7.14. The molecular weight excluding hydrogens is 1010 g/mol. The summed E-state index contributed by atoms with van der Waals surface area (Å²) in [6.07, 6.45) is 22.3. The van der Waals surface area contributed by atoms with E-state index in [1.54, 1.807) is 12.2 Å². The maximum atomic E-state index is 13.3. The Kier molecular flexibility index (Phi) is 16.5. The molecule has 1 aromatic heterocycles. The smallest absolute Gasteiger partial charge is 0.233 e. The number of para-hydroxylation sites is 2. The fourth-order valence-electron chi connectivity index (χ4n) is 11.5. The number of Topliss-reactive ketones (excluding diaryl/α,β-unsaturated/α-hetero) is 2. The summed E-state index contributed by atoms with van der Waals surface area (Å²) in [6, 6.07) is 69.4. The van der Waals surface area contributed by atoms with Crippen LogP contribution in [0.3, 0.4) is 0 Å². The first-order valence-corrected chi connectivity index (χ1v) is 28.6. The molecule has 0 saturated heterocycles. The number of aryl methyl sites for hydroxylation is 2. The third-order valence-electron chi connectivity index (χ3n) is 15.6. The summed E-state index contributed by atoms with van der Waals surface area (Å²) in [5.41, 5.74) is 19.6. The molecule has 81 heavy (non-hydrogen) atoms. The quantitative estimate of drug-likeness (QED) is 0.0735. The highest BCUT2D eigenvalue weighted by Gasteiger charge is 2.33. The standard InChI is InChI=1S/C46H37Cl.C29H26N2O3/c47-46-40(26-24-34-28-42(36-14-5-1-6-15-36)32-43(29-34)37-16-7-2-8-17-37)22-13-23-41(46)27-25-35-30-44(38-18-9-3-10-19-38)33-45(31-35)39-20-11-4-12-21-39;1-3-30-21(15-13-19-9-5-7-11-25(19)30)17-23-27(32)24(29(34)28(23)33)18-22-16-14-20-10-6-8-12-26(20)31(22)4-2/h1-12,14-21,24-32H,13,22-23,33H2;5-13,15,17-18H,3-4,14,16H2,1-2H3/b26-24-,41-27+;. The number of nitrogens with zero attached hydrogens (tertiary/aromatic N) is 2. The van der Waals surface area contributed by atoms with Gasteiger partial charge in [0, 0.05) is 57.7 Å². The van der Waals surface area contributed by atoms with Crippen molar-refractivity contribution in [2.45, 2.75) is 58.9 Å². The predicted molar refractivity (Wildman–Crippen MR) is 333 cm³/mol. The van der Waals surface area contributed by atoms with Crippen LogP contribution in [0.15, 0.2) is 281 Å². The molecule has 0 bridgehead atoms. The number of anilines is 1. The summed E-state index contributed by atoms with van der Waals surface area (Å²) in [5, 5.41) is 15.2. The summed E-state index contributed by atoms with van der Waals surface area (Å²) in [6.45, 7) is 5.43. The second kappa shape index (κ2) is 24.9. The predicted octanol–water partition coefficient (Wildman–Crippen LogP) is 16.8. The Hall–Kier alpha value is -9.16. The number of rotatable bonds is 11. The number of ketones is 2. The zero-order chi connectivity index (χ0) is 55.7. The van der Waals surface area contributed by atoms with Crippen molar-refractivity contribution in [2.24, 2.45) is 0 Å². The van der Waals surface area contributed by atoms with Gasteiger partial charge in [-0.25, -0.2) is 0 Å². The molecule has 5 nitrogen and oxygen atoms in total. The van der Waals surface area contributed by atoms with Gasteiger partial charge in [0.05, 0.1) is 0 Å². The summed E-state index contributed by atoms with van der Waals surface area (Å²) in [7, 11) is 0. The molecule has 0 saturated carbocycles. The minimum absolute atomic E-state index is 0.0343. The number of fused-ring (bicyclic) bond motifs is 2. The molecule has 4 aliphatic rings. The highest BCUT2D eigenvalue weighted by molar-refractivity contribution is 6.54. The normalized spacial score (nSPS) is 17.0. The largest absolute Gasteiger partial charge is 0.871 e. The molecule has 0 amide bonds. The lowest BCUT2D eigenvalue weighted by molar-refractivity contribution is -0.669. The lowest BCUT2D eigenvalue weighted by Gasteiger charge is -2.33. The number of benzene rings is 7.